The molecule has 1 N–H and O–H groups in total. The maximum absolute atomic E-state index is 13.7. The van der Waals surface area contributed by atoms with E-state index in [4.69, 9.17) is 14.2 Å². The summed E-state index contributed by atoms with van der Waals surface area (Å²) >= 11 is 0. The Morgan fingerprint density at radius 1 is 0.889 bits per heavy atom. The van der Waals surface area contributed by atoms with E-state index in [-0.39, 0.29) is 30.7 Å². The molecule has 9 heteroatoms. The van der Waals surface area contributed by atoms with Crippen molar-refractivity contribution in [3.8, 4) is 17.2 Å². The summed E-state index contributed by atoms with van der Waals surface area (Å²) in [6.07, 6.45) is -0.662. The third kappa shape index (κ3) is 3.69. The molecule has 0 radical (unpaired) electrons. The SMILES string of the molecule is COc1ccc(NC(=O)CCN2C(=O)c3ccccc3N3C(=O)c4c(ccc(OC)c4OC)C23)cc1. The normalized spacial score (nSPS) is 15.7. The first-order valence-electron chi connectivity index (χ1n) is 11.4. The second-order valence-corrected chi connectivity index (χ2v) is 8.36. The number of methoxy groups -OCH3 is 3. The maximum atomic E-state index is 13.7. The molecule has 0 saturated carbocycles. The molecule has 5 rings (SSSR count). The lowest BCUT2D eigenvalue weighted by atomic mass is 10.0. The van der Waals surface area contributed by atoms with Gasteiger partial charge in [0.25, 0.3) is 11.8 Å². The molecule has 2 heterocycles. The fourth-order valence-corrected chi connectivity index (χ4v) is 4.77. The highest BCUT2D eigenvalue weighted by molar-refractivity contribution is 6.18. The first kappa shape index (κ1) is 23.2. The Labute approximate surface area is 208 Å². The highest BCUT2D eigenvalue weighted by Gasteiger charge is 2.49. The molecule has 0 aromatic heterocycles. The van der Waals surface area contributed by atoms with E-state index in [0.29, 0.717) is 45.3 Å². The average Bonchev–Trinajstić information content (AvgIpc) is 3.20. The number of nitrogens with zero attached hydrogens (tertiary/aromatic N) is 2. The van der Waals surface area contributed by atoms with E-state index in [9.17, 15) is 14.4 Å². The topological polar surface area (TPSA) is 97.4 Å². The fraction of sp³-hybridized carbons (Fsp3) is 0.222. The van der Waals surface area contributed by atoms with Crippen molar-refractivity contribution in [2.75, 3.05) is 38.1 Å². The monoisotopic (exact) mass is 487 g/mol. The van der Waals surface area contributed by atoms with Crippen LogP contribution in [0.15, 0.2) is 60.7 Å². The molecule has 0 saturated heterocycles. The summed E-state index contributed by atoms with van der Waals surface area (Å²) in [4.78, 5) is 43.2. The Kier molecular flexibility index (Phi) is 5.97. The van der Waals surface area contributed by atoms with Crippen molar-refractivity contribution in [3.05, 3.63) is 77.4 Å². The Hall–Kier alpha value is -4.53. The van der Waals surface area contributed by atoms with Crippen LogP contribution in [0.3, 0.4) is 0 Å². The van der Waals surface area contributed by atoms with E-state index >= 15 is 0 Å². The van der Waals surface area contributed by atoms with Crippen LogP contribution >= 0.6 is 0 Å². The van der Waals surface area contributed by atoms with Crippen molar-refractivity contribution >= 4 is 29.1 Å². The lowest BCUT2D eigenvalue weighted by molar-refractivity contribution is -0.116. The molecule has 0 bridgehead atoms. The molecule has 0 fully saturated rings. The molecule has 1 unspecified atom stereocenters. The number of hydrogen-bond donors (Lipinski definition) is 1. The molecule has 1 atom stereocenters. The van der Waals surface area contributed by atoms with Crippen LogP contribution in [0.1, 0.15) is 38.9 Å². The number of ether oxygens (including phenoxy) is 3. The molecule has 2 aliphatic heterocycles. The quantitative estimate of drug-likeness (QED) is 0.544. The van der Waals surface area contributed by atoms with Gasteiger partial charge in [-0.2, -0.15) is 0 Å². The van der Waals surface area contributed by atoms with Gasteiger partial charge in [0.05, 0.1) is 38.1 Å². The largest absolute Gasteiger partial charge is 0.497 e. The van der Waals surface area contributed by atoms with Gasteiger partial charge < -0.3 is 24.4 Å². The van der Waals surface area contributed by atoms with Crippen molar-refractivity contribution in [2.24, 2.45) is 0 Å². The summed E-state index contributed by atoms with van der Waals surface area (Å²) in [5.74, 6) is 0.626. The highest BCUT2D eigenvalue weighted by atomic mass is 16.5. The minimum absolute atomic E-state index is 0.0427. The molecule has 36 heavy (non-hydrogen) atoms. The zero-order valence-corrected chi connectivity index (χ0v) is 20.1. The van der Waals surface area contributed by atoms with E-state index < -0.39 is 6.17 Å². The van der Waals surface area contributed by atoms with Gasteiger partial charge in [0.2, 0.25) is 5.91 Å². The Balaban J connectivity index is 1.47. The predicted octanol–water partition coefficient (Wildman–Crippen LogP) is 3.86. The predicted molar refractivity (Wildman–Crippen MR) is 133 cm³/mol. The summed E-state index contributed by atoms with van der Waals surface area (Å²) in [5, 5.41) is 2.84. The number of para-hydroxylation sites is 1. The number of carbonyl (C=O) groups excluding carboxylic acids is 3. The molecule has 2 aliphatic rings. The van der Waals surface area contributed by atoms with Gasteiger partial charge in [-0.25, -0.2) is 0 Å². The second kappa shape index (κ2) is 9.26. The summed E-state index contributed by atoms with van der Waals surface area (Å²) in [7, 11) is 4.55. The number of anilines is 2. The smallest absolute Gasteiger partial charge is 0.264 e. The number of fused-ring (bicyclic) bond motifs is 5. The molecule has 0 spiro atoms. The number of rotatable bonds is 7. The van der Waals surface area contributed by atoms with E-state index in [1.165, 1.54) is 14.2 Å². The van der Waals surface area contributed by atoms with Crippen LogP contribution in [-0.4, -0.2) is 50.5 Å². The number of amides is 3. The molecule has 184 valence electrons. The Morgan fingerprint density at radius 3 is 2.33 bits per heavy atom. The van der Waals surface area contributed by atoms with Gasteiger partial charge in [0, 0.05) is 24.2 Å². The van der Waals surface area contributed by atoms with Crippen molar-refractivity contribution in [1.29, 1.82) is 0 Å². The van der Waals surface area contributed by atoms with Gasteiger partial charge in [-0.1, -0.05) is 18.2 Å². The van der Waals surface area contributed by atoms with Crippen LogP contribution in [0.2, 0.25) is 0 Å². The summed E-state index contributed by atoms with van der Waals surface area (Å²) in [6.45, 7) is 0.109. The third-order valence-electron chi connectivity index (χ3n) is 6.44. The first-order valence-corrected chi connectivity index (χ1v) is 11.4. The van der Waals surface area contributed by atoms with Crippen molar-refractivity contribution < 1.29 is 28.6 Å². The van der Waals surface area contributed by atoms with E-state index in [0.717, 1.165) is 0 Å². The van der Waals surface area contributed by atoms with Crippen LogP contribution < -0.4 is 24.4 Å². The van der Waals surface area contributed by atoms with Gasteiger partial charge in [0.15, 0.2) is 11.5 Å². The van der Waals surface area contributed by atoms with Crippen LogP contribution in [0.5, 0.6) is 17.2 Å². The molecule has 3 aromatic rings. The molecule has 3 aromatic carbocycles. The minimum atomic E-state index is -0.705. The van der Waals surface area contributed by atoms with Crippen LogP contribution in [0.25, 0.3) is 0 Å². The van der Waals surface area contributed by atoms with E-state index in [1.807, 2.05) is 0 Å². The van der Waals surface area contributed by atoms with Crippen LogP contribution in [0, 0.1) is 0 Å². The van der Waals surface area contributed by atoms with Crippen molar-refractivity contribution in [2.45, 2.75) is 12.6 Å². The number of hydrogen-bond acceptors (Lipinski definition) is 6. The van der Waals surface area contributed by atoms with Crippen molar-refractivity contribution in [1.82, 2.24) is 4.90 Å². The minimum Gasteiger partial charge on any atom is -0.497 e. The third-order valence-corrected chi connectivity index (χ3v) is 6.44. The van der Waals surface area contributed by atoms with Gasteiger partial charge in [-0.15, -0.1) is 0 Å². The van der Waals surface area contributed by atoms with Gasteiger partial charge in [-0.05, 0) is 42.5 Å². The number of carbonyl (C=O) groups is 3. The molecule has 3 amide bonds. The van der Waals surface area contributed by atoms with Crippen molar-refractivity contribution in [3.63, 3.8) is 0 Å². The van der Waals surface area contributed by atoms with Crippen LogP contribution in [0.4, 0.5) is 11.4 Å². The molecular formula is C27H25N3O6. The lowest BCUT2D eigenvalue weighted by Crippen LogP contribution is -2.49. The average molecular weight is 488 g/mol. The zero-order chi connectivity index (χ0) is 25.4. The molecular weight excluding hydrogens is 462 g/mol. The number of benzene rings is 3. The van der Waals surface area contributed by atoms with Gasteiger partial charge >= 0.3 is 0 Å². The highest BCUT2D eigenvalue weighted by Crippen LogP contribution is 2.49. The summed E-state index contributed by atoms with van der Waals surface area (Å²) in [6, 6.07) is 17.5. The van der Waals surface area contributed by atoms with E-state index in [1.54, 1.807) is 77.6 Å². The second-order valence-electron chi connectivity index (χ2n) is 8.36. The zero-order valence-electron chi connectivity index (χ0n) is 20.1. The molecule has 0 aliphatic carbocycles. The summed E-state index contributed by atoms with van der Waals surface area (Å²) in [5.41, 5.74) is 2.51. The van der Waals surface area contributed by atoms with Gasteiger partial charge in [-0.3, -0.25) is 19.3 Å². The van der Waals surface area contributed by atoms with E-state index in [2.05, 4.69) is 5.32 Å². The lowest BCUT2D eigenvalue weighted by Gasteiger charge is -2.40. The Bertz CT molecular complexity index is 1350. The maximum Gasteiger partial charge on any atom is 0.264 e. The summed E-state index contributed by atoms with van der Waals surface area (Å²) < 4.78 is 16.1. The first-order chi connectivity index (χ1) is 17.5. The standard InChI is InChI=1S/C27H25N3O6/c1-34-17-10-8-16(9-11-17)28-22(31)14-15-29-25-19-12-13-21(35-2)24(36-3)23(19)27(33)30(25)20-7-5-4-6-18(20)26(29)32/h4-13,25H,14-15H2,1-3H3,(H,28,31). The molecule has 9 nitrogen and oxygen atoms in total. The van der Waals surface area contributed by atoms with Crippen LogP contribution in [-0.2, 0) is 4.79 Å². The number of nitrogens with one attached hydrogen (secondary N) is 1. The Morgan fingerprint density at radius 2 is 1.64 bits per heavy atom. The fourth-order valence-electron chi connectivity index (χ4n) is 4.77. The van der Waals surface area contributed by atoms with Gasteiger partial charge in [0.1, 0.15) is 11.9 Å².